The summed E-state index contributed by atoms with van der Waals surface area (Å²) < 4.78 is 0. The second kappa shape index (κ2) is 7.59. The van der Waals surface area contributed by atoms with E-state index in [0.29, 0.717) is 18.7 Å². The van der Waals surface area contributed by atoms with Crippen LogP contribution in [0.4, 0.5) is 5.69 Å². The van der Waals surface area contributed by atoms with Gasteiger partial charge in [0.05, 0.1) is 11.3 Å². The average molecular weight is 305 g/mol. The van der Waals surface area contributed by atoms with Crippen LogP contribution in [0, 0.1) is 5.41 Å². The molecule has 1 aromatic carbocycles. The molecule has 0 bridgehead atoms. The van der Waals surface area contributed by atoms with Crippen LogP contribution in [0.25, 0.3) is 0 Å². The van der Waals surface area contributed by atoms with Gasteiger partial charge in [-0.1, -0.05) is 32.9 Å². The van der Waals surface area contributed by atoms with Crippen LogP contribution >= 0.6 is 0 Å². The molecule has 1 aromatic rings. The summed E-state index contributed by atoms with van der Waals surface area (Å²) in [4.78, 5) is 34.8. The Morgan fingerprint density at radius 2 is 1.77 bits per heavy atom. The average Bonchev–Trinajstić information content (AvgIpc) is 2.42. The minimum absolute atomic E-state index is 0.0491. The molecule has 0 radical (unpaired) electrons. The summed E-state index contributed by atoms with van der Waals surface area (Å²) in [5.74, 6) is -0.862. The third kappa shape index (κ3) is 5.55. The number of para-hydroxylation sites is 1. The SMILES string of the molecule is CC(C)(C)C(=O)NCCCC(=O)Nc1ccccc1C(N)=O. The number of nitrogens with two attached hydrogens (primary N) is 1. The molecule has 1 rings (SSSR count). The highest BCUT2D eigenvalue weighted by Gasteiger charge is 2.20. The summed E-state index contributed by atoms with van der Waals surface area (Å²) in [6.07, 6.45) is 0.768. The Bertz CT molecular complexity index is 562. The lowest BCUT2D eigenvalue weighted by Gasteiger charge is -2.17. The van der Waals surface area contributed by atoms with Gasteiger partial charge in [-0.25, -0.2) is 0 Å². The van der Waals surface area contributed by atoms with Crippen molar-refractivity contribution in [3.05, 3.63) is 29.8 Å². The fourth-order valence-electron chi connectivity index (χ4n) is 1.74. The highest BCUT2D eigenvalue weighted by Crippen LogP contribution is 2.15. The number of amides is 3. The van der Waals surface area contributed by atoms with Crippen LogP contribution in [0.5, 0.6) is 0 Å². The first-order valence-corrected chi connectivity index (χ1v) is 7.19. The quantitative estimate of drug-likeness (QED) is 0.697. The van der Waals surface area contributed by atoms with Gasteiger partial charge in [0.25, 0.3) is 5.91 Å². The fraction of sp³-hybridized carbons (Fsp3) is 0.438. The van der Waals surface area contributed by atoms with Crippen LogP contribution < -0.4 is 16.4 Å². The van der Waals surface area contributed by atoms with Crippen LogP contribution in [0.2, 0.25) is 0 Å². The second-order valence-electron chi connectivity index (χ2n) is 6.07. The number of hydrogen-bond donors (Lipinski definition) is 3. The van der Waals surface area contributed by atoms with Gasteiger partial charge in [0.1, 0.15) is 0 Å². The van der Waals surface area contributed by atoms with Crippen molar-refractivity contribution in [1.29, 1.82) is 0 Å². The lowest BCUT2D eigenvalue weighted by Crippen LogP contribution is -2.35. The zero-order valence-electron chi connectivity index (χ0n) is 13.2. The standard InChI is InChI=1S/C16H23N3O3/c1-16(2,3)15(22)18-10-6-9-13(20)19-12-8-5-4-7-11(12)14(17)21/h4-5,7-8H,6,9-10H2,1-3H3,(H2,17,21)(H,18,22)(H,19,20). The van der Waals surface area contributed by atoms with E-state index in [4.69, 9.17) is 5.73 Å². The third-order valence-electron chi connectivity index (χ3n) is 3.01. The Hall–Kier alpha value is -2.37. The van der Waals surface area contributed by atoms with Gasteiger partial charge in [0, 0.05) is 18.4 Å². The summed E-state index contributed by atoms with van der Waals surface area (Å²) in [6.45, 7) is 5.92. The molecule has 0 saturated heterocycles. The summed E-state index contributed by atoms with van der Waals surface area (Å²) in [6, 6.07) is 6.57. The number of benzene rings is 1. The van der Waals surface area contributed by atoms with Crippen LogP contribution in [0.1, 0.15) is 44.0 Å². The predicted octanol–water partition coefficient (Wildman–Crippen LogP) is 1.67. The second-order valence-corrected chi connectivity index (χ2v) is 6.07. The zero-order chi connectivity index (χ0) is 16.8. The van der Waals surface area contributed by atoms with Crippen LogP contribution in [0.15, 0.2) is 24.3 Å². The molecule has 6 heteroatoms. The van der Waals surface area contributed by atoms with Gasteiger partial charge in [0.2, 0.25) is 11.8 Å². The molecule has 0 spiro atoms. The number of nitrogens with one attached hydrogen (secondary N) is 2. The van der Waals surface area contributed by atoms with Gasteiger partial charge in [-0.2, -0.15) is 0 Å². The van der Waals surface area contributed by atoms with Crippen molar-refractivity contribution in [1.82, 2.24) is 5.32 Å². The lowest BCUT2D eigenvalue weighted by molar-refractivity contribution is -0.128. The van der Waals surface area contributed by atoms with E-state index in [1.54, 1.807) is 24.3 Å². The van der Waals surface area contributed by atoms with E-state index in [1.807, 2.05) is 20.8 Å². The molecule has 0 unspecified atom stereocenters. The highest BCUT2D eigenvalue weighted by atomic mass is 16.2. The first-order chi connectivity index (χ1) is 10.2. The van der Waals surface area contributed by atoms with E-state index < -0.39 is 11.3 Å². The van der Waals surface area contributed by atoms with E-state index >= 15 is 0 Å². The number of carbonyl (C=O) groups is 3. The van der Waals surface area contributed by atoms with Crippen LogP contribution in [-0.4, -0.2) is 24.3 Å². The molecule has 0 aliphatic heterocycles. The first kappa shape index (κ1) is 17.7. The van der Waals surface area contributed by atoms with E-state index in [0.717, 1.165) is 0 Å². The topological polar surface area (TPSA) is 101 Å². The molecule has 4 N–H and O–H groups in total. The van der Waals surface area contributed by atoms with Crippen molar-refractivity contribution in [2.24, 2.45) is 11.1 Å². The molecule has 0 atom stereocenters. The maximum absolute atomic E-state index is 11.9. The summed E-state index contributed by atoms with van der Waals surface area (Å²) in [5, 5.41) is 5.44. The van der Waals surface area contributed by atoms with Gasteiger partial charge < -0.3 is 16.4 Å². The van der Waals surface area contributed by atoms with Crippen LogP contribution in [-0.2, 0) is 9.59 Å². The maximum atomic E-state index is 11.9. The van der Waals surface area contributed by atoms with Crippen molar-refractivity contribution < 1.29 is 14.4 Å². The van der Waals surface area contributed by atoms with Crippen molar-refractivity contribution in [3.8, 4) is 0 Å². The zero-order valence-corrected chi connectivity index (χ0v) is 13.2. The molecule has 0 saturated carbocycles. The first-order valence-electron chi connectivity index (χ1n) is 7.19. The van der Waals surface area contributed by atoms with Crippen molar-refractivity contribution in [2.75, 3.05) is 11.9 Å². The van der Waals surface area contributed by atoms with Crippen molar-refractivity contribution >= 4 is 23.4 Å². The molecule has 0 aliphatic rings. The highest BCUT2D eigenvalue weighted by molar-refractivity contribution is 6.02. The number of carbonyl (C=O) groups excluding carboxylic acids is 3. The van der Waals surface area contributed by atoms with Gasteiger partial charge in [0.15, 0.2) is 0 Å². The van der Waals surface area contributed by atoms with Gasteiger partial charge in [-0.3, -0.25) is 14.4 Å². The van der Waals surface area contributed by atoms with Gasteiger partial charge in [-0.05, 0) is 18.6 Å². The molecule has 3 amide bonds. The molecule has 0 fully saturated rings. The maximum Gasteiger partial charge on any atom is 0.250 e. The molecule has 6 nitrogen and oxygen atoms in total. The molecule has 0 heterocycles. The lowest BCUT2D eigenvalue weighted by atomic mass is 9.96. The Morgan fingerprint density at radius 3 is 2.36 bits per heavy atom. The Morgan fingerprint density at radius 1 is 1.14 bits per heavy atom. The minimum Gasteiger partial charge on any atom is -0.366 e. The number of primary amides is 1. The Balaban J connectivity index is 2.42. The van der Waals surface area contributed by atoms with E-state index in [-0.39, 0.29) is 23.8 Å². The van der Waals surface area contributed by atoms with E-state index in [9.17, 15) is 14.4 Å². The molecule has 0 aromatic heterocycles. The number of rotatable bonds is 6. The van der Waals surface area contributed by atoms with E-state index in [1.165, 1.54) is 0 Å². The molecule has 0 aliphatic carbocycles. The molecular weight excluding hydrogens is 282 g/mol. The fourth-order valence-corrected chi connectivity index (χ4v) is 1.74. The number of anilines is 1. The van der Waals surface area contributed by atoms with Gasteiger partial charge >= 0.3 is 0 Å². The smallest absolute Gasteiger partial charge is 0.250 e. The molecule has 120 valence electrons. The number of hydrogen-bond acceptors (Lipinski definition) is 3. The molecular formula is C16H23N3O3. The Kier molecular flexibility index (Phi) is 6.10. The monoisotopic (exact) mass is 305 g/mol. The summed E-state index contributed by atoms with van der Waals surface area (Å²) in [7, 11) is 0. The van der Waals surface area contributed by atoms with Crippen molar-refractivity contribution in [2.45, 2.75) is 33.6 Å². The van der Waals surface area contributed by atoms with Crippen LogP contribution in [0.3, 0.4) is 0 Å². The predicted molar refractivity (Wildman–Crippen MR) is 85.3 cm³/mol. The van der Waals surface area contributed by atoms with Gasteiger partial charge in [-0.15, -0.1) is 0 Å². The van der Waals surface area contributed by atoms with Crippen molar-refractivity contribution in [3.63, 3.8) is 0 Å². The van der Waals surface area contributed by atoms with E-state index in [2.05, 4.69) is 10.6 Å². The summed E-state index contributed by atoms with van der Waals surface area (Å²) >= 11 is 0. The summed E-state index contributed by atoms with van der Waals surface area (Å²) in [5.41, 5.74) is 5.48. The normalized spacial score (nSPS) is 10.9. The molecule has 22 heavy (non-hydrogen) atoms. The largest absolute Gasteiger partial charge is 0.366 e. The third-order valence-corrected chi connectivity index (χ3v) is 3.01. The minimum atomic E-state index is -0.589. The Labute approximate surface area is 130 Å².